The van der Waals surface area contributed by atoms with Gasteiger partial charge in [0.2, 0.25) is 10.0 Å². The molecule has 2 unspecified atom stereocenters. The number of alkyl halides is 3. The molecular weight excluding hydrogens is 349 g/mol. The molecule has 1 aromatic rings. The van der Waals surface area contributed by atoms with Crippen LogP contribution in [0.2, 0.25) is 0 Å². The number of piperidine rings is 1. The summed E-state index contributed by atoms with van der Waals surface area (Å²) in [6.45, 7) is 1.57. The molecule has 1 aromatic carbocycles. The van der Waals surface area contributed by atoms with Crippen molar-refractivity contribution in [2.24, 2.45) is 0 Å². The van der Waals surface area contributed by atoms with E-state index in [0.29, 0.717) is 25.6 Å². The Morgan fingerprint density at radius 3 is 2.83 bits per heavy atom. The lowest BCUT2D eigenvalue weighted by Crippen LogP contribution is -2.55. The van der Waals surface area contributed by atoms with Crippen LogP contribution in [0.25, 0.3) is 0 Å². The molecule has 23 heavy (non-hydrogen) atoms. The number of halogens is 3. The van der Waals surface area contributed by atoms with E-state index in [1.807, 2.05) is 0 Å². The third-order valence-corrected chi connectivity index (χ3v) is 7.37. The minimum absolute atomic E-state index is 0.151. The van der Waals surface area contributed by atoms with Gasteiger partial charge in [-0.05, 0) is 24.6 Å². The number of hydrogen-bond acceptors (Lipinski definition) is 4. The second-order valence-electron chi connectivity index (χ2n) is 5.65. The minimum Gasteiger partial charge on any atom is -0.312 e. The van der Waals surface area contributed by atoms with Crippen molar-refractivity contribution in [3.05, 3.63) is 29.8 Å². The molecule has 2 atom stereocenters. The Bertz CT molecular complexity index is 679. The fourth-order valence-corrected chi connectivity index (χ4v) is 5.86. The van der Waals surface area contributed by atoms with E-state index in [0.717, 1.165) is 24.4 Å². The van der Waals surface area contributed by atoms with Crippen molar-refractivity contribution in [1.82, 2.24) is 9.62 Å². The first-order valence-corrected chi connectivity index (χ1v) is 9.80. The van der Waals surface area contributed by atoms with Crippen molar-refractivity contribution in [1.29, 1.82) is 0 Å². The topological polar surface area (TPSA) is 49.4 Å². The average molecular weight is 366 g/mol. The van der Waals surface area contributed by atoms with Gasteiger partial charge < -0.3 is 5.32 Å². The number of nitrogens with one attached hydrogen (secondary N) is 1. The van der Waals surface area contributed by atoms with Crippen molar-refractivity contribution >= 4 is 21.8 Å². The monoisotopic (exact) mass is 366 g/mol. The fraction of sp³-hybridized carbons (Fsp3) is 0.571. The first-order chi connectivity index (χ1) is 10.8. The predicted molar refractivity (Wildman–Crippen MR) is 82.9 cm³/mol. The highest BCUT2D eigenvalue weighted by Gasteiger charge is 2.38. The maximum Gasteiger partial charge on any atom is 0.416 e. The van der Waals surface area contributed by atoms with Crippen molar-refractivity contribution in [2.45, 2.75) is 28.8 Å². The Balaban J connectivity index is 1.84. The second kappa shape index (κ2) is 6.27. The number of sulfonamides is 1. The third-order valence-electron chi connectivity index (χ3n) is 4.16. The van der Waals surface area contributed by atoms with E-state index in [4.69, 9.17) is 0 Å². The Morgan fingerprint density at radius 1 is 1.30 bits per heavy atom. The van der Waals surface area contributed by atoms with Gasteiger partial charge in [-0.15, -0.1) is 0 Å². The molecule has 0 aliphatic carbocycles. The van der Waals surface area contributed by atoms with Gasteiger partial charge in [0.05, 0.1) is 10.5 Å². The maximum absolute atomic E-state index is 12.8. The highest BCUT2D eigenvalue weighted by molar-refractivity contribution is 8.00. The zero-order valence-electron chi connectivity index (χ0n) is 12.2. The molecule has 4 nitrogen and oxygen atoms in total. The van der Waals surface area contributed by atoms with Crippen LogP contribution in [-0.4, -0.2) is 49.4 Å². The molecule has 2 saturated heterocycles. The molecule has 2 aliphatic rings. The van der Waals surface area contributed by atoms with E-state index in [1.165, 1.54) is 10.4 Å². The van der Waals surface area contributed by atoms with Crippen LogP contribution in [0.4, 0.5) is 13.2 Å². The number of thioether (sulfide) groups is 1. The van der Waals surface area contributed by atoms with E-state index >= 15 is 0 Å². The van der Waals surface area contributed by atoms with E-state index < -0.39 is 21.8 Å². The van der Waals surface area contributed by atoms with Gasteiger partial charge in [-0.25, -0.2) is 8.42 Å². The number of hydrogen-bond donors (Lipinski definition) is 1. The quantitative estimate of drug-likeness (QED) is 0.872. The SMILES string of the molecule is O=S(=O)(c1cccc(C(F)(F)F)c1)N1CCC2NCCSC2C1. The largest absolute Gasteiger partial charge is 0.416 e. The molecular formula is C14H17F3N2O2S2. The van der Waals surface area contributed by atoms with Gasteiger partial charge in [0.15, 0.2) is 0 Å². The molecule has 9 heteroatoms. The first kappa shape index (κ1) is 17.1. The summed E-state index contributed by atoms with van der Waals surface area (Å²) < 4.78 is 65.0. The summed E-state index contributed by atoms with van der Waals surface area (Å²) in [4.78, 5) is -0.292. The highest BCUT2D eigenvalue weighted by atomic mass is 32.2. The van der Waals surface area contributed by atoms with Crippen LogP contribution in [0.15, 0.2) is 29.2 Å². The second-order valence-corrected chi connectivity index (χ2v) is 8.93. The van der Waals surface area contributed by atoms with Gasteiger partial charge in [0.1, 0.15) is 0 Å². The summed E-state index contributed by atoms with van der Waals surface area (Å²) >= 11 is 1.72. The standard InChI is InChI=1S/C14H17F3N2O2S2/c15-14(16,17)10-2-1-3-11(8-10)23(20,21)19-6-4-12-13(9-19)22-7-5-18-12/h1-3,8,12-13,18H,4-7,9H2. The molecule has 2 aliphatic heterocycles. The van der Waals surface area contributed by atoms with Crippen LogP contribution in [-0.2, 0) is 16.2 Å². The average Bonchev–Trinajstić information content (AvgIpc) is 2.53. The zero-order valence-corrected chi connectivity index (χ0v) is 13.8. The molecule has 2 fully saturated rings. The molecule has 0 saturated carbocycles. The molecule has 1 N–H and O–H groups in total. The molecule has 0 aromatic heterocycles. The Hall–Kier alpha value is -0.770. The van der Waals surface area contributed by atoms with Gasteiger partial charge in [-0.3, -0.25) is 0 Å². The number of fused-ring (bicyclic) bond motifs is 1. The van der Waals surface area contributed by atoms with E-state index in [9.17, 15) is 21.6 Å². The summed E-state index contributed by atoms with van der Waals surface area (Å²) in [6, 6.07) is 4.24. The lowest BCUT2D eigenvalue weighted by Gasteiger charge is -2.40. The van der Waals surface area contributed by atoms with Gasteiger partial charge in [0, 0.05) is 36.7 Å². The molecule has 0 radical (unpaired) electrons. The summed E-state index contributed by atoms with van der Waals surface area (Å²) in [6.07, 6.45) is -3.88. The molecule has 0 bridgehead atoms. The maximum atomic E-state index is 12.8. The Morgan fingerprint density at radius 2 is 2.09 bits per heavy atom. The summed E-state index contributed by atoms with van der Waals surface area (Å²) in [7, 11) is -3.90. The predicted octanol–water partition coefficient (Wildman–Crippen LogP) is 2.17. The van der Waals surface area contributed by atoms with Crippen LogP contribution in [0, 0.1) is 0 Å². The molecule has 128 valence electrons. The lowest BCUT2D eigenvalue weighted by molar-refractivity contribution is -0.137. The smallest absolute Gasteiger partial charge is 0.312 e. The Kier molecular flexibility index (Phi) is 4.65. The van der Waals surface area contributed by atoms with Crippen LogP contribution < -0.4 is 5.32 Å². The first-order valence-electron chi connectivity index (χ1n) is 7.31. The van der Waals surface area contributed by atoms with E-state index in [2.05, 4.69) is 5.32 Å². The number of rotatable bonds is 2. The minimum atomic E-state index is -4.55. The van der Waals surface area contributed by atoms with Crippen LogP contribution in [0.3, 0.4) is 0 Å². The third kappa shape index (κ3) is 3.52. The summed E-state index contributed by atoms with van der Waals surface area (Å²) in [5, 5.41) is 3.52. The van der Waals surface area contributed by atoms with Gasteiger partial charge in [0.25, 0.3) is 0 Å². The summed E-state index contributed by atoms with van der Waals surface area (Å²) in [5.41, 5.74) is -0.942. The van der Waals surface area contributed by atoms with Crippen molar-refractivity contribution in [3.63, 3.8) is 0 Å². The van der Waals surface area contributed by atoms with Gasteiger partial charge in [-0.1, -0.05) is 6.07 Å². The molecule has 0 amide bonds. The van der Waals surface area contributed by atoms with Crippen molar-refractivity contribution < 1.29 is 21.6 Å². The van der Waals surface area contributed by atoms with Crippen LogP contribution >= 0.6 is 11.8 Å². The lowest BCUT2D eigenvalue weighted by atomic mass is 10.1. The van der Waals surface area contributed by atoms with E-state index in [-0.39, 0.29) is 16.2 Å². The molecule has 2 heterocycles. The van der Waals surface area contributed by atoms with Crippen LogP contribution in [0.5, 0.6) is 0 Å². The van der Waals surface area contributed by atoms with E-state index in [1.54, 1.807) is 11.8 Å². The normalized spacial score (nSPS) is 26.7. The Labute approximate surface area is 137 Å². The van der Waals surface area contributed by atoms with Crippen LogP contribution in [0.1, 0.15) is 12.0 Å². The molecule has 0 spiro atoms. The number of nitrogens with zero attached hydrogens (tertiary/aromatic N) is 1. The molecule has 3 rings (SSSR count). The van der Waals surface area contributed by atoms with Gasteiger partial charge >= 0.3 is 6.18 Å². The van der Waals surface area contributed by atoms with Gasteiger partial charge in [-0.2, -0.15) is 29.2 Å². The zero-order chi connectivity index (χ0) is 16.7. The number of benzene rings is 1. The highest BCUT2D eigenvalue weighted by Crippen LogP contribution is 2.33. The van der Waals surface area contributed by atoms with Crippen molar-refractivity contribution in [3.8, 4) is 0 Å². The van der Waals surface area contributed by atoms with Crippen molar-refractivity contribution in [2.75, 3.05) is 25.4 Å². The summed E-state index contributed by atoms with van der Waals surface area (Å²) in [5.74, 6) is 0.915. The fourth-order valence-electron chi connectivity index (χ4n) is 2.95.